The summed E-state index contributed by atoms with van der Waals surface area (Å²) in [7, 11) is 1.51. The molecule has 8 nitrogen and oxygen atoms in total. The lowest BCUT2D eigenvalue weighted by atomic mass is 10.2. The molecule has 0 saturated heterocycles. The van der Waals surface area contributed by atoms with Crippen LogP contribution in [0.1, 0.15) is 27.8 Å². The van der Waals surface area contributed by atoms with Gasteiger partial charge in [0.1, 0.15) is 10.8 Å². The first kappa shape index (κ1) is 22.7. The third-order valence-corrected chi connectivity index (χ3v) is 6.12. The minimum atomic E-state index is -0.665. The Balaban J connectivity index is 1.89. The van der Waals surface area contributed by atoms with Crippen LogP contribution >= 0.6 is 27.3 Å². The Morgan fingerprint density at radius 2 is 1.97 bits per heavy atom. The molecule has 2 aromatic carbocycles. The maximum atomic E-state index is 13.5. The number of rotatable bonds is 6. The Bertz CT molecular complexity index is 1430. The van der Waals surface area contributed by atoms with Gasteiger partial charge in [-0.25, -0.2) is 4.79 Å². The maximum absolute atomic E-state index is 13.5. The van der Waals surface area contributed by atoms with E-state index in [1.165, 1.54) is 7.11 Å². The second-order valence-corrected chi connectivity index (χ2v) is 8.60. The molecule has 0 atom stereocenters. The Labute approximate surface area is 200 Å². The number of ether oxygens (including phenoxy) is 2. The first-order valence-electron chi connectivity index (χ1n) is 9.86. The van der Waals surface area contributed by atoms with Crippen molar-refractivity contribution in [1.29, 1.82) is 0 Å². The highest BCUT2D eigenvalue weighted by Crippen LogP contribution is 2.31. The van der Waals surface area contributed by atoms with Crippen LogP contribution in [-0.4, -0.2) is 35.4 Å². The lowest BCUT2D eigenvalue weighted by molar-refractivity contribution is 0.0520. The normalized spacial score (nSPS) is 10.8. The van der Waals surface area contributed by atoms with Crippen molar-refractivity contribution in [2.24, 2.45) is 0 Å². The fraction of sp³-hybridized carbons (Fsp3) is 0.130. The number of aromatic nitrogens is 2. The van der Waals surface area contributed by atoms with E-state index in [9.17, 15) is 14.4 Å². The summed E-state index contributed by atoms with van der Waals surface area (Å²) in [6.07, 6.45) is 0. The third kappa shape index (κ3) is 4.53. The van der Waals surface area contributed by atoms with E-state index < -0.39 is 11.5 Å². The zero-order chi connectivity index (χ0) is 23.5. The number of hydrogen-bond acceptors (Lipinski definition) is 7. The summed E-state index contributed by atoms with van der Waals surface area (Å²) in [4.78, 5) is 38.9. The predicted octanol–water partition coefficient (Wildman–Crippen LogP) is 4.65. The first-order chi connectivity index (χ1) is 15.9. The van der Waals surface area contributed by atoms with Gasteiger partial charge in [-0.05, 0) is 37.3 Å². The molecule has 0 fully saturated rings. The molecule has 1 amide bonds. The number of nitrogens with zero attached hydrogens (tertiary/aromatic N) is 2. The van der Waals surface area contributed by atoms with Crippen LogP contribution in [0.2, 0.25) is 0 Å². The zero-order valence-electron chi connectivity index (χ0n) is 17.6. The van der Waals surface area contributed by atoms with Crippen molar-refractivity contribution in [1.82, 2.24) is 9.78 Å². The lowest BCUT2D eigenvalue weighted by Gasteiger charge is -2.11. The second-order valence-electron chi connectivity index (χ2n) is 6.81. The van der Waals surface area contributed by atoms with Crippen molar-refractivity contribution in [3.63, 3.8) is 0 Å². The van der Waals surface area contributed by atoms with Gasteiger partial charge in [0, 0.05) is 26.9 Å². The second kappa shape index (κ2) is 9.55. The van der Waals surface area contributed by atoms with Crippen LogP contribution in [0, 0.1) is 0 Å². The molecule has 0 spiro atoms. The standard InChI is InChI=1S/C23H18BrN3O5S/c1-3-32-23(30)19-17-12-33-21(25-20(28)13-6-4-7-14(24)10-13)18(17)22(29)27(26-19)15-8-5-9-16(11-15)31-2/h4-12H,3H2,1-2H3,(H,25,28). The van der Waals surface area contributed by atoms with Crippen molar-refractivity contribution >= 4 is 54.9 Å². The summed E-state index contributed by atoms with van der Waals surface area (Å²) in [5.41, 5.74) is 0.312. The highest BCUT2D eigenvalue weighted by Gasteiger charge is 2.23. The van der Waals surface area contributed by atoms with E-state index in [1.807, 2.05) is 0 Å². The van der Waals surface area contributed by atoms with E-state index in [4.69, 9.17) is 9.47 Å². The van der Waals surface area contributed by atoms with Crippen LogP contribution < -0.4 is 15.6 Å². The molecule has 33 heavy (non-hydrogen) atoms. The van der Waals surface area contributed by atoms with Gasteiger partial charge in [-0.15, -0.1) is 11.3 Å². The maximum Gasteiger partial charge on any atom is 0.359 e. The molecule has 0 unspecified atom stereocenters. The molecule has 0 aliphatic carbocycles. The van der Waals surface area contributed by atoms with Crippen molar-refractivity contribution < 1.29 is 19.1 Å². The fourth-order valence-electron chi connectivity index (χ4n) is 3.21. The van der Waals surface area contributed by atoms with Gasteiger partial charge >= 0.3 is 5.97 Å². The highest BCUT2D eigenvalue weighted by molar-refractivity contribution is 9.10. The molecular formula is C23H18BrN3O5S. The molecule has 0 bridgehead atoms. The van der Waals surface area contributed by atoms with Gasteiger partial charge in [-0.2, -0.15) is 9.78 Å². The monoisotopic (exact) mass is 527 g/mol. The average Bonchev–Trinajstić information content (AvgIpc) is 3.23. The van der Waals surface area contributed by atoms with Gasteiger partial charge in [0.25, 0.3) is 11.5 Å². The number of thiophene rings is 1. The summed E-state index contributed by atoms with van der Waals surface area (Å²) in [5.74, 6) is -0.531. The summed E-state index contributed by atoms with van der Waals surface area (Å²) in [6, 6.07) is 13.6. The van der Waals surface area contributed by atoms with Gasteiger partial charge in [-0.1, -0.05) is 28.1 Å². The molecular weight excluding hydrogens is 510 g/mol. The van der Waals surface area contributed by atoms with Gasteiger partial charge < -0.3 is 14.8 Å². The van der Waals surface area contributed by atoms with Crippen LogP contribution in [-0.2, 0) is 4.74 Å². The molecule has 10 heteroatoms. The summed E-state index contributed by atoms with van der Waals surface area (Å²) in [6.45, 7) is 1.83. The summed E-state index contributed by atoms with van der Waals surface area (Å²) in [5, 5.41) is 9.48. The molecule has 0 saturated carbocycles. The number of carbonyl (C=O) groups excluding carboxylic acids is 2. The van der Waals surface area contributed by atoms with Crippen molar-refractivity contribution in [3.8, 4) is 11.4 Å². The first-order valence-corrected chi connectivity index (χ1v) is 11.5. The Morgan fingerprint density at radius 3 is 2.70 bits per heavy atom. The van der Waals surface area contributed by atoms with Gasteiger partial charge in [-0.3, -0.25) is 9.59 Å². The zero-order valence-corrected chi connectivity index (χ0v) is 20.0. The van der Waals surface area contributed by atoms with Gasteiger partial charge in [0.2, 0.25) is 0 Å². The molecule has 1 N–H and O–H groups in total. The molecule has 0 aliphatic rings. The van der Waals surface area contributed by atoms with E-state index in [-0.39, 0.29) is 23.6 Å². The smallest absolute Gasteiger partial charge is 0.359 e. The largest absolute Gasteiger partial charge is 0.497 e. The van der Waals surface area contributed by atoms with Crippen LogP contribution in [0.3, 0.4) is 0 Å². The van der Waals surface area contributed by atoms with Crippen molar-refractivity contribution in [2.75, 3.05) is 19.0 Å². The van der Waals surface area contributed by atoms with E-state index in [0.717, 1.165) is 20.5 Å². The minimum Gasteiger partial charge on any atom is -0.497 e. The molecule has 0 radical (unpaired) electrons. The molecule has 2 heterocycles. The van der Waals surface area contributed by atoms with E-state index in [0.29, 0.717) is 27.4 Å². The van der Waals surface area contributed by atoms with Crippen LogP contribution in [0.5, 0.6) is 5.75 Å². The Hall–Kier alpha value is -3.50. The number of benzene rings is 2. The number of esters is 1. The fourth-order valence-corrected chi connectivity index (χ4v) is 4.55. The van der Waals surface area contributed by atoms with Gasteiger partial charge in [0.05, 0.1) is 24.8 Å². The molecule has 2 aromatic heterocycles. The predicted molar refractivity (Wildman–Crippen MR) is 130 cm³/mol. The summed E-state index contributed by atoms with van der Waals surface area (Å²) < 4.78 is 12.3. The molecule has 4 rings (SSSR count). The van der Waals surface area contributed by atoms with Crippen LogP contribution in [0.15, 0.2) is 63.2 Å². The number of carbonyl (C=O) groups is 2. The van der Waals surface area contributed by atoms with E-state index in [1.54, 1.807) is 60.8 Å². The Kier molecular flexibility index (Phi) is 6.57. The number of anilines is 1. The number of fused-ring (bicyclic) bond motifs is 1. The third-order valence-electron chi connectivity index (χ3n) is 4.73. The average molecular weight is 528 g/mol. The number of amides is 1. The number of halogens is 1. The number of methoxy groups -OCH3 is 1. The minimum absolute atomic E-state index is 0.0199. The van der Waals surface area contributed by atoms with Crippen LogP contribution in [0.4, 0.5) is 5.00 Å². The SMILES string of the molecule is CCOC(=O)c1nn(-c2cccc(OC)c2)c(=O)c2c(NC(=O)c3cccc(Br)c3)scc12. The van der Waals surface area contributed by atoms with E-state index >= 15 is 0 Å². The van der Waals surface area contributed by atoms with Crippen molar-refractivity contribution in [3.05, 3.63) is 80.0 Å². The highest BCUT2D eigenvalue weighted by atomic mass is 79.9. The number of nitrogens with one attached hydrogen (secondary N) is 1. The lowest BCUT2D eigenvalue weighted by Crippen LogP contribution is -2.25. The van der Waals surface area contributed by atoms with Crippen molar-refractivity contribution in [2.45, 2.75) is 6.92 Å². The topological polar surface area (TPSA) is 99.5 Å². The quantitative estimate of drug-likeness (QED) is 0.366. The molecule has 168 valence electrons. The van der Waals surface area contributed by atoms with Crippen LogP contribution in [0.25, 0.3) is 16.5 Å². The summed E-state index contributed by atoms with van der Waals surface area (Å²) >= 11 is 4.48. The molecule has 0 aliphatic heterocycles. The van der Waals surface area contributed by atoms with E-state index in [2.05, 4.69) is 26.3 Å². The number of hydrogen-bond donors (Lipinski definition) is 1. The molecule has 4 aromatic rings. The van der Waals surface area contributed by atoms with Gasteiger partial charge in [0.15, 0.2) is 5.69 Å². The Morgan fingerprint density at radius 1 is 1.18 bits per heavy atom.